The molecular formula is C19H18N6O2S. The molecule has 2 N–H and O–H groups in total. The van der Waals surface area contributed by atoms with Gasteiger partial charge in [0.25, 0.3) is 0 Å². The van der Waals surface area contributed by atoms with Gasteiger partial charge < -0.3 is 5.32 Å². The largest absolute Gasteiger partial charge is 0.366 e. The lowest BCUT2D eigenvalue weighted by atomic mass is 10.1. The Kier molecular flexibility index (Phi) is 4.66. The van der Waals surface area contributed by atoms with Crippen molar-refractivity contribution >= 4 is 27.2 Å². The van der Waals surface area contributed by atoms with Gasteiger partial charge in [-0.1, -0.05) is 12.1 Å². The summed E-state index contributed by atoms with van der Waals surface area (Å²) in [5.41, 5.74) is 3.90. The number of hydrogen-bond acceptors (Lipinski definition) is 6. The normalized spacial score (nSPS) is 11.5. The van der Waals surface area contributed by atoms with Crippen molar-refractivity contribution in [3.05, 3.63) is 72.8 Å². The summed E-state index contributed by atoms with van der Waals surface area (Å²) in [6.45, 7) is 0.628. The fraction of sp³-hybridized carbons (Fsp3) is 0.105. The van der Waals surface area contributed by atoms with Gasteiger partial charge in [-0.15, -0.1) is 0 Å². The summed E-state index contributed by atoms with van der Waals surface area (Å²) >= 11 is 0. The number of hydrogen-bond donors (Lipinski definition) is 2. The van der Waals surface area contributed by atoms with Crippen molar-refractivity contribution in [1.29, 1.82) is 0 Å². The molecule has 0 unspecified atom stereocenters. The van der Waals surface area contributed by atoms with Crippen LogP contribution < -0.4 is 10.0 Å². The summed E-state index contributed by atoms with van der Waals surface area (Å²) in [7, 11) is -3.35. The molecule has 3 aromatic heterocycles. The van der Waals surface area contributed by atoms with Crippen LogP contribution in [0.5, 0.6) is 0 Å². The van der Waals surface area contributed by atoms with E-state index < -0.39 is 10.0 Å². The summed E-state index contributed by atoms with van der Waals surface area (Å²) in [4.78, 5) is 8.68. The number of nitrogens with one attached hydrogen (secondary N) is 2. The third kappa shape index (κ3) is 4.09. The molecule has 28 heavy (non-hydrogen) atoms. The molecule has 0 amide bonds. The second kappa shape index (κ2) is 7.28. The third-order valence-electron chi connectivity index (χ3n) is 4.07. The van der Waals surface area contributed by atoms with Gasteiger partial charge in [0, 0.05) is 36.4 Å². The Balaban J connectivity index is 1.64. The van der Waals surface area contributed by atoms with Crippen LogP contribution >= 0.6 is 0 Å². The molecular weight excluding hydrogens is 376 g/mol. The quantitative estimate of drug-likeness (QED) is 0.521. The van der Waals surface area contributed by atoms with Gasteiger partial charge >= 0.3 is 0 Å². The molecule has 0 bridgehead atoms. The highest BCUT2D eigenvalue weighted by atomic mass is 32.2. The van der Waals surface area contributed by atoms with E-state index in [9.17, 15) is 8.42 Å². The molecule has 0 saturated carbocycles. The molecule has 0 fully saturated rings. The van der Waals surface area contributed by atoms with Crippen LogP contribution in [0.25, 0.3) is 16.8 Å². The molecule has 4 aromatic rings. The zero-order chi connectivity index (χ0) is 19.6. The Bertz CT molecular complexity index is 1220. The fourth-order valence-corrected chi connectivity index (χ4v) is 3.38. The first-order valence-electron chi connectivity index (χ1n) is 8.53. The van der Waals surface area contributed by atoms with E-state index in [0.717, 1.165) is 28.8 Å². The molecule has 3 heterocycles. The van der Waals surface area contributed by atoms with E-state index in [-0.39, 0.29) is 0 Å². The van der Waals surface area contributed by atoms with Gasteiger partial charge in [0.15, 0.2) is 5.65 Å². The van der Waals surface area contributed by atoms with E-state index >= 15 is 0 Å². The Morgan fingerprint density at radius 2 is 1.93 bits per heavy atom. The first kappa shape index (κ1) is 17.9. The highest BCUT2D eigenvalue weighted by Gasteiger charge is 2.11. The number of nitrogens with zero attached hydrogens (tertiary/aromatic N) is 4. The molecule has 8 nitrogen and oxygen atoms in total. The Morgan fingerprint density at radius 1 is 1.11 bits per heavy atom. The van der Waals surface area contributed by atoms with Gasteiger partial charge in [-0.3, -0.25) is 9.71 Å². The smallest absolute Gasteiger partial charge is 0.229 e. The van der Waals surface area contributed by atoms with Crippen molar-refractivity contribution in [3.8, 4) is 11.1 Å². The summed E-state index contributed by atoms with van der Waals surface area (Å²) < 4.78 is 27.2. The van der Waals surface area contributed by atoms with Crippen molar-refractivity contribution in [2.24, 2.45) is 0 Å². The number of rotatable bonds is 6. The van der Waals surface area contributed by atoms with E-state index in [1.165, 1.54) is 0 Å². The zero-order valence-corrected chi connectivity index (χ0v) is 15.9. The van der Waals surface area contributed by atoms with Crippen LogP contribution in [0.2, 0.25) is 0 Å². The average Bonchev–Trinajstić information content (AvgIpc) is 3.09. The number of fused-ring (bicyclic) bond motifs is 1. The van der Waals surface area contributed by atoms with E-state index in [1.54, 1.807) is 41.3 Å². The van der Waals surface area contributed by atoms with Crippen molar-refractivity contribution in [1.82, 2.24) is 19.6 Å². The van der Waals surface area contributed by atoms with Crippen molar-refractivity contribution in [2.45, 2.75) is 6.54 Å². The standard InChI is InChI=1S/C19H18N6O2S/c1-28(26,27)24-16-4-2-3-15(11-16)17-13-22-25-10-7-18(23-19(17)25)21-12-14-5-8-20-9-6-14/h2-11,13,24H,12H2,1H3,(H,21,23). The Hall–Kier alpha value is -3.46. The lowest BCUT2D eigenvalue weighted by Gasteiger charge is -2.08. The average molecular weight is 394 g/mol. The molecule has 9 heteroatoms. The predicted molar refractivity (Wildman–Crippen MR) is 108 cm³/mol. The number of anilines is 2. The van der Waals surface area contributed by atoms with Crippen molar-refractivity contribution in [3.63, 3.8) is 0 Å². The number of benzene rings is 1. The van der Waals surface area contributed by atoms with Gasteiger partial charge in [-0.2, -0.15) is 5.10 Å². The van der Waals surface area contributed by atoms with Gasteiger partial charge in [-0.05, 0) is 41.5 Å². The first-order valence-corrected chi connectivity index (χ1v) is 10.4. The minimum Gasteiger partial charge on any atom is -0.366 e. The number of sulfonamides is 1. The lowest BCUT2D eigenvalue weighted by Crippen LogP contribution is -2.09. The van der Waals surface area contributed by atoms with Crippen LogP contribution in [0.4, 0.5) is 11.5 Å². The lowest BCUT2D eigenvalue weighted by molar-refractivity contribution is 0.607. The molecule has 0 aliphatic heterocycles. The minimum atomic E-state index is -3.35. The van der Waals surface area contributed by atoms with Crippen LogP contribution in [0.3, 0.4) is 0 Å². The molecule has 4 rings (SSSR count). The van der Waals surface area contributed by atoms with Crippen LogP contribution in [-0.2, 0) is 16.6 Å². The van der Waals surface area contributed by atoms with Gasteiger partial charge in [0.05, 0.1) is 12.5 Å². The SMILES string of the molecule is CS(=O)(=O)Nc1cccc(-c2cnn3ccc(NCc4ccncc4)nc23)c1. The molecule has 0 radical (unpaired) electrons. The maximum absolute atomic E-state index is 11.5. The van der Waals surface area contributed by atoms with E-state index in [1.807, 2.05) is 30.5 Å². The summed E-state index contributed by atoms with van der Waals surface area (Å²) in [6, 6.07) is 12.9. The van der Waals surface area contributed by atoms with Crippen LogP contribution in [0.1, 0.15) is 5.56 Å². The summed E-state index contributed by atoms with van der Waals surface area (Å²) in [5, 5.41) is 7.63. The second-order valence-corrected chi connectivity index (χ2v) is 8.05. The van der Waals surface area contributed by atoms with Crippen LogP contribution in [0.15, 0.2) is 67.3 Å². The van der Waals surface area contributed by atoms with E-state index in [0.29, 0.717) is 17.9 Å². The number of pyridine rings is 1. The van der Waals surface area contributed by atoms with E-state index in [4.69, 9.17) is 0 Å². The molecule has 0 spiro atoms. The van der Waals surface area contributed by atoms with E-state index in [2.05, 4.69) is 25.1 Å². The Labute approximate surface area is 162 Å². The maximum atomic E-state index is 11.5. The monoisotopic (exact) mass is 394 g/mol. The molecule has 142 valence electrons. The van der Waals surface area contributed by atoms with Gasteiger partial charge in [0.1, 0.15) is 5.82 Å². The summed E-state index contributed by atoms with van der Waals surface area (Å²) in [5.74, 6) is 0.719. The highest BCUT2D eigenvalue weighted by molar-refractivity contribution is 7.92. The van der Waals surface area contributed by atoms with Crippen LogP contribution in [0, 0.1) is 0 Å². The maximum Gasteiger partial charge on any atom is 0.229 e. The molecule has 0 saturated heterocycles. The highest BCUT2D eigenvalue weighted by Crippen LogP contribution is 2.26. The molecule has 1 aromatic carbocycles. The zero-order valence-electron chi connectivity index (χ0n) is 15.1. The second-order valence-electron chi connectivity index (χ2n) is 6.30. The predicted octanol–water partition coefficient (Wildman–Crippen LogP) is 2.77. The first-order chi connectivity index (χ1) is 13.5. The van der Waals surface area contributed by atoms with Crippen LogP contribution in [-0.4, -0.2) is 34.3 Å². The fourth-order valence-electron chi connectivity index (χ4n) is 2.83. The molecule has 0 aliphatic rings. The minimum absolute atomic E-state index is 0.492. The van der Waals surface area contributed by atoms with Crippen molar-refractivity contribution < 1.29 is 8.42 Å². The number of aromatic nitrogens is 4. The van der Waals surface area contributed by atoms with Gasteiger partial charge in [-0.25, -0.2) is 17.9 Å². The topological polar surface area (TPSA) is 101 Å². The van der Waals surface area contributed by atoms with Crippen molar-refractivity contribution in [2.75, 3.05) is 16.3 Å². The molecule has 0 aliphatic carbocycles. The molecule has 0 atom stereocenters. The Morgan fingerprint density at radius 3 is 2.71 bits per heavy atom. The third-order valence-corrected chi connectivity index (χ3v) is 4.68. The van der Waals surface area contributed by atoms with Gasteiger partial charge in [0.2, 0.25) is 10.0 Å². The summed E-state index contributed by atoms with van der Waals surface area (Å²) in [6.07, 6.45) is 8.17.